The summed E-state index contributed by atoms with van der Waals surface area (Å²) in [4.78, 5) is 4.60. The first-order chi connectivity index (χ1) is 11.6. The van der Waals surface area contributed by atoms with Crippen molar-refractivity contribution in [3.05, 3.63) is 34.8 Å². The van der Waals surface area contributed by atoms with Crippen LogP contribution in [0, 0.1) is 0 Å². The first kappa shape index (κ1) is 15.9. The topological polar surface area (TPSA) is 68.7 Å². The molecular weight excluding hydrogens is 348 g/mol. The fourth-order valence-corrected chi connectivity index (χ4v) is 5.44. The first-order valence-corrected chi connectivity index (χ1v) is 10.3. The predicted molar refractivity (Wildman–Crippen MR) is 90.3 cm³/mol. The van der Waals surface area contributed by atoms with Crippen LogP contribution in [0.4, 0.5) is 0 Å². The van der Waals surface area contributed by atoms with E-state index in [1.807, 2.05) is 5.38 Å². The van der Waals surface area contributed by atoms with Crippen LogP contribution in [-0.4, -0.2) is 44.0 Å². The number of nitrogens with zero attached hydrogens (tertiary/aromatic N) is 2. The van der Waals surface area contributed by atoms with Crippen LogP contribution >= 0.6 is 11.3 Å². The number of thiazole rings is 1. The lowest BCUT2D eigenvalue weighted by molar-refractivity contribution is 0.171. The lowest BCUT2D eigenvalue weighted by Crippen LogP contribution is -2.39. The Kier molecular flexibility index (Phi) is 4.19. The maximum Gasteiger partial charge on any atom is 0.243 e. The van der Waals surface area contributed by atoms with Crippen molar-refractivity contribution in [3.8, 4) is 11.5 Å². The van der Waals surface area contributed by atoms with Crippen molar-refractivity contribution in [2.24, 2.45) is 0 Å². The van der Waals surface area contributed by atoms with E-state index in [0.717, 1.165) is 17.8 Å². The summed E-state index contributed by atoms with van der Waals surface area (Å²) in [5, 5.41) is 2.95. The Morgan fingerprint density at radius 1 is 1.21 bits per heavy atom. The molecule has 6 nitrogen and oxygen atoms in total. The second-order valence-corrected chi connectivity index (χ2v) is 8.74. The van der Waals surface area contributed by atoms with Crippen LogP contribution in [0.15, 0.2) is 34.7 Å². The van der Waals surface area contributed by atoms with E-state index in [0.29, 0.717) is 37.8 Å². The summed E-state index contributed by atoms with van der Waals surface area (Å²) >= 11 is 1.59. The SMILES string of the molecule is O=S(=O)(c1ccc2c(c1)OCCO2)N1CCCC(c2nccs2)C1. The molecule has 128 valence electrons. The number of piperidine rings is 1. The molecule has 0 saturated carbocycles. The molecule has 0 N–H and O–H groups in total. The maximum atomic E-state index is 13.0. The lowest BCUT2D eigenvalue weighted by atomic mass is 10.0. The number of aromatic nitrogens is 1. The summed E-state index contributed by atoms with van der Waals surface area (Å²) in [7, 11) is -3.54. The molecule has 2 aliphatic heterocycles. The quantitative estimate of drug-likeness (QED) is 0.835. The average Bonchev–Trinajstić information content (AvgIpc) is 3.16. The van der Waals surface area contributed by atoms with E-state index in [1.54, 1.807) is 40.0 Å². The fourth-order valence-electron chi connectivity index (χ4n) is 3.13. The highest BCUT2D eigenvalue weighted by Gasteiger charge is 2.32. The third kappa shape index (κ3) is 2.89. The van der Waals surface area contributed by atoms with Gasteiger partial charge in [0.15, 0.2) is 11.5 Å². The van der Waals surface area contributed by atoms with Crippen molar-refractivity contribution in [2.75, 3.05) is 26.3 Å². The number of rotatable bonds is 3. The summed E-state index contributed by atoms with van der Waals surface area (Å²) in [5.74, 6) is 1.26. The second kappa shape index (κ2) is 6.34. The normalized spacial score (nSPS) is 21.6. The highest BCUT2D eigenvalue weighted by atomic mass is 32.2. The highest BCUT2D eigenvalue weighted by Crippen LogP contribution is 2.35. The number of fused-ring (bicyclic) bond motifs is 1. The van der Waals surface area contributed by atoms with Crippen LogP contribution in [0.2, 0.25) is 0 Å². The van der Waals surface area contributed by atoms with Gasteiger partial charge in [0.05, 0.1) is 9.90 Å². The monoisotopic (exact) mass is 366 g/mol. The second-order valence-electron chi connectivity index (χ2n) is 5.88. The molecule has 1 aromatic heterocycles. The molecule has 2 aliphatic rings. The van der Waals surface area contributed by atoms with E-state index in [2.05, 4.69) is 4.98 Å². The van der Waals surface area contributed by atoms with Gasteiger partial charge in [-0.1, -0.05) is 0 Å². The smallest absolute Gasteiger partial charge is 0.243 e. The Morgan fingerprint density at radius 3 is 2.83 bits per heavy atom. The first-order valence-electron chi connectivity index (χ1n) is 7.94. The van der Waals surface area contributed by atoms with Gasteiger partial charge >= 0.3 is 0 Å². The van der Waals surface area contributed by atoms with Gasteiger partial charge in [-0.05, 0) is 25.0 Å². The minimum Gasteiger partial charge on any atom is -0.486 e. The maximum absolute atomic E-state index is 13.0. The molecule has 1 saturated heterocycles. The summed E-state index contributed by atoms with van der Waals surface area (Å²) < 4.78 is 38.5. The average molecular weight is 366 g/mol. The van der Waals surface area contributed by atoms with E-state index >= 15 is 0 Å². The Balaban J connectivity index is 1.60. The number of sulfonamides is 1. The lowest BCUT2D eigenvalue weighted by Gasteiger charge is -2.31. The third-order valence-corrected chi connectivity index (χ3v) is 7.14. The molecule has 1 aromatic carbocycles. The zero-order valence-electron chi connectivity index (χ0n) is 13.1. The van der Waals surface area contributed by atoms with Gasteiger partial charge in [0.25, 0.3) is 0 Å². The minimum absolute atomic E-state index is 0.172. The Bertz CT molecular complexity index is 821. The fraction of sp³-hybridized carbons (Fsp3) is 0.438. The van der Waals surface area contributed by atoms with Crippen molar-refractivity contribution in [1.29, 1.82) is 0 Å². The Labute approximate surface area is 145 Å². The molecule has 8 heteroatoms. The summed E-state index contributed by atoms with van der Waals surface area (Å²) in [6.07, 6.45) is 3.59. The number of benzene rings is 1. The van der Waals surface area contributed by atoms with Gasteiger partial charge in [-0.25, -0.2) is 13.4 Å². The number of hydrogen-bond donors (Lipinski definition) is 0. The molecule has 3 heterocycles. The van der Waals surface area contributed by atoms with Crippen LogP contribution in [0.25, 0.3) is 0 Å². The highest BCUT2D eigenvalue weighted by molar-refractivity contribution is 7.89. The number of hydrogen-bond acceptors (Lipinski definition) is 6. The van der Waals surface area contributed by atoms with E-state index in [-0.39, 0.29) is 10.8 Å². The molecule has 0 spiro atoms. The van der Waals surface area contributed by atoms with Crippen LogP contribution < -0.4 is 9.47 Å². The van der Waals surface area contributed by atoms with Crippen molar-refractivity contribution in [3.63, 3.8) is 0 Å². The molecule has 0 aliphatic carbocycles. The van der Waals surface area contributed by atoms with E-state index in [1.165, 1.54) is 0 Å². The van der Waals surface area contributed by atoms with Crippen molar-refractivity contribution >= 4 is 21.4 Å². The molecule has 0 bridgehead atoms. The molecular formula is C16H18N2O4S2. The van der Waals surface area contributed by atoms with Crippen molar-refractivity contribution in [1.82, 2.24) is 9.29 Å². The standard InChI is InChI=1S/C16H18N2O4S2/c19-24(20,13-3-4-14-15(10-13)22-8-7-21-14)18-6-1-2-12(11-18)16-17-5-9-23-16/h3-5,9-10,12H,1-2,6-8,11H2. The van der Waals surface area contributed by atoms with Gasteiger partial charge in [-0.2, -0.15) is 4.31 Å². The molecule has 1 fully saturated rings. The Morgan fingerprint density at radius 2 is 2.04 bits per heavy atom. The number of ether oxygens (including phenoxy) is 2. The zero-order valence-corrected chi connectivity index (χ0v) is 14.7. The van der Waals surface area contributed by atoms with Gasteiger partial charge in [-0.15, -0.1) is 11.3 Å². The largest absolute Gasteiger partial charge is 0.486 e. The summed E-state index contributed by atoms with van der Waals surface area (Å²) in [6.45, 7) is 1.94. The molecule has 0 radical (unpaired) electrons. The van der Waals surface area contributed by atoms with Gasteiger partial charge in [-0.3, -0.25) is 0 Å². The van der Waals surface area contributed by atoms with Gasteiger partial charge in [0, 0.05) is 36.7 Å². The van der Waals surface area contributed by atoms with E-state index in [4.69, 9.17) is 9.47 Å². The Hall–Kier alpha value is -1.64. The molecule has 4 rings (SSSR count). The molecule has 0 amide bonds. The van der Waals surface area contributed by atoms with Gasteiger partial charge < -0.3 is 9.47 Å². The van der Waals surface area contributed by atoms with Crippen LogP contribution in [0.3, 0.4) is 0 Å². The zero-order chi connectivity index (χ0) is 16.6. The van der Waals surface area contributed by atoms with Gasteiger partial charge in [0.2, 0.25) is 10.0 Å². The van der Waals surface area contributed by atoms with Crippen LogP contribution in [-0.2, 0) is 10.0 Å². The van der Waals surface area contributed by atoms with Crippen LogP contribution in [0.5, 0.6) is 11.5 Å². The minimum atomic E-state index is -3.54. The van der Waals surface area contributed by atoms with E-state index in [9.17, 15) is 8.42 Å². The third-order valence-electron chi connectivity index (χ3n) is 4.34. The summed E-state index contributed by atoms with van der Waals surface area (Å²) in [6, 6.07) is 4.83. The summed E-state index contributed by atoms with van der Waals surface area (Å²) in [5.41, 5.74) is 0. The van der Waals surface area contributed by atoms with E-state index < -0.39 is 10.0 Å². The van der Waals surface area contributed by atoms with Crippen molar-refractivity contribution < 1.29 is 17.9 Å². The molecule has 2 aromatic rings. The molecule has 1 unspecified atom stereocenters. The van der Waals surface area contributed by atoms with Crippen LogP contribution in [0.1, 0.15) is 23.8 Å². The van der Waals surface area contributed by atoms with Gasteiger partial charge in [0.1, 0.15) is 13.2 Å². The molecule has 24 heavy (non-hydrogen) atoms. The van der Waals surface area contributed by atoms with Crippen molar-refractivity contribution in [2.45, 2.75) is 23.7 Å². The predicted octanol–water partition coefficient (Wildman–Crippen LogP) is 2.48. The molecule has 1 atom stereocenters.